The Morgan fingerprint density at radius 3 is 2.75 bits per heavy atom. The maximum absolute atomic E-state index is 4.53. The monoisotopic (exact) mass is 237 g/mol. The van der Waals surface area contributed by atoms with Crippen LogP contribution in [0.15, 0.2) is 11.2 Å². The molecular formula is C12H19N3S. The lowest BCUT2D eigenvalue weighted by atomic mass is 10.0. The van der Waals surface area contributed by atoms with E-state index in [1.165, 1.54) is 37.7 Å². The Balaban J connectivity index is 2.06. The maximum Gasteiger partial charge on any atom is 0.223 e. The van der Waals surface area contributed by atoms with E-state index >= 15 is 0 Å². The van der Waals surface area contributed by atoms with Gasteiger partial charge in [-0.05, 0) is 25.3 Å². The van der Waals surface area contributed by atoms with Gasteiger partial charge in [-0.2, -0.15) is 0 Å². The minimum absolute atomic E-state index is 0.726. The number of hydrogen-bond acceptors (Lipinski definition) is 4. The predicted octanol–water partition coefficient (Wildman–Crippen LogP) is 3.25. The van der Waals surface area contributed by atoms with Crippen LogP contribution in [0, 0.1) is 6.92 Å². The molecule has 1 saturated carbocycles. The second-order valence-corrected chi connectivity index (χ2v) is 5.60. The molecule has 1 aromatic rings. The summed E-state index contributed by atoms with van der Waals surface area (Å²) in [4.78, 5) is 8.74. The Kier molecular flexibility index (Phi) is 4.04. The molecule has 0 spiro atoms. The van der Waals surface area contributed by atoms with Crippen molar-refractivity contribution in [3.8, 4) is 0 Å². The fourth-order valence-electron chi connectivity index (χ4n) is 2.01. The van der Waals surface area contributed by atoms with Gasteiger partial charge in [0.05, 0.1) is 0 Å². The average Bonchev–Trinajstić information content (AvgIpc) is 2.33. The third kappa shape index (κ3) is 2.88. The van der Waals surface area contributed by atoms with Gasteiger partial charge in [0.1, 0.15) is 5.03 Å². The van der Waals surface area contributed by atoms with Crippen molar-refractivity contribution in [3.05, 3.63) is 11.8 Å². The highest BCUT2D eigenvalue weighted by molar-refractivity contribution is 7.99. The summed E-state index contributed by atoms with van der Waals surface area (Å²) in [6.07, 6.45) is 8.74. The van der Waals surface area contributed by atoms with Gasteiger partial charge in [-0.15, -0.1) is 11.8 Å². The van der Waals surface area contributed by atoms with E-state index in [1.807, 2.05) is 25.0 Å². The first-order valence-corrected chi connectivity index (χ1v) is 6.85. The summed E-state index contributed by atoms with van der Waals surface area (Å²) < 4.78 is 0. The van der Waals surface area contributed by atoms with Gasteiger partial charge in [0.15, 0.2) is 0 Å². The lowest BCUT2D eigenvalue weighted by molar-refractivity contribution is 0.515. The minimum Gasteiger partial charge on any atom is -0.357 e. The summed E-state index contributed by atoms with van der Waals surface area (Å²) in [7, 11) is 1.86. The minimum atomic E-state index is 0.726. The molecule has 0 bridgehead atoms. The van der Waals surface area contributed by atoms with Crippen LogP contribution >= 0.6 is 11.8 Å². The fraction of sp³-hybridized carbons (Fsp3) is 0.667. The average molecular weight is 237 g/mol. The van der Waals surface area contributed by atoms with Crippen molar-refractivity contribution in [1.82, 2.24) is 9.97 Å². The Bertz CT molecular complexity index is 348. The van der Waals surface area contributed by atoms with Crippen LogP contribution in [0.1, 0.15) is 37.7 Å². The van der Waals surface area contributed by atoms with Gasteiger partial charge in [0, 0.05) is 18.5 Å². The van der Waals surface area contributed by atoms with Gasteiger partial charge < -0.3 is 5.32 Å². The molecule has 2 rings (SSSR count). The normalized spacial score (nSPS) is 17.4. The molecule has 0 radical (unpaired) electrons. The Hall–Kier alpha value is -0.770. The van der Waals surface area contributed by atoms with E-state index in [1.54, 1.807) is 0 Å². The Morgan fingerprint density at radius 2 is 2.06 bits per heavy atom. The molecule has 1 heterocycles. The van der Waals surface area contributed by atoms with Crippen molar-refractivity contribution < 1.29 is 0 Å². The van der Waals surface area contributed by atoms with E-state index in [9.17, 15) is 0 Å². The summed E-state index contributed by atoms with van der Waals surface area (Å²) in [5.41, 5.74) is 1.19. The smallest absolute Gasteiger partial charge is 0.223 e. The van der Waals surface area contributed by atoms with Crippen LogP contribution in [0.4, 0.5) is 5.95 Å². The van der Waals surface area contributed by atoms with Crippen molar-refractivity contribution in [1.29, 1.82) is 0 Å². The molecule has 0 atom stereocenters. The van der Waals surface area contributed by atoms with E-state index in [0.717, 1.165) is 16.2 Å². The van der Waals surface area contributed by atoms with Gasteiger partial charge in [-0.1, -0.05) is 19.3 Å². The summed E-state index contributed by atoms with van der Waals surface area (Å²) in [6, 6.07) is 0. The molecule has 0 unspecified atom stereocenters. The van der Waals surface area contributed by atoms with E-state index in [0.29, 0.717) is 0 Å². The van der Waals surface area contributed by atoms with Gasteiger partial charge in [0.25, 0.3) is 0 Å². The highest BCUT2D eigenvalue weighted by Gasteiger charge is 2.16. The summed E-state index contributed by atoms with van der Waals surface area (Å²) in [5, 5.41) is 4.90. The second kappa shape index (κ2) is 5.53. The molecule has 88 valence electrons. The largest absolute Gasteiger partial charge is 0.357 e. The predicted molar refractivity (Wildman–Crippen MR) is 69.0 cm³/mol. The van der Waals surface area contributed by atoms with E-state index < -0.39 is 0 Å². The van der Waals surface area contributed by atoms with Crippen LogP contribution in [-0.2, 0) is 0 Å². The van der Waals surface area contributed by atoms with E-state index in [4.69, 9.17) is 0 Å². The molecule has 1 aromatic heterocycles. The zero-order valence-electron chi connectivity index (χ0n) is 9.99. The van der Waals surface area contributed by atoms with Crippen molar-refractivity contribution in [2.45, 2.75) is 49.3 Å². The highest BCUT2D eigenvalue weighted by Crippen LogP contribution is 2.34. The number of nitrogens with one attached hydrogen (secondary N) is 1. The maximum atomic E-state index is 4.53. The fourth-order valence-corrected chi connectivity index (χ4v) is 3.27. The zero-order valence-corrected chi connectivity index (χ0v) is 10.8. The zero-order chi connectivity index (χ0) is 11.4. The third-order valence-corrected chi connectivity index (χ3v) is 4.42. The van der Waals surface area contributed by atoms with E-state index in [2.05, 4.69) is 22.2 Å². The molecule has 1 aliphatic rings. The summed E-state index contributed by atoms with van der Waals surface area (Å²) >= 11 is 1.93. The molecule has 0 aromatic carbocycles. The Labute approximate surface area is 101 Å². The topological polar surface area (TPSA) is 37.8 Å². The number of thioether (sulfide) groups is 1. The molecular weight excluding hydrogens is 218 g/mol. The molecule has 1 N–H and O–H groups in total. The van der Waals surface area contributed by atoms with Gasteiger partial charge in [-0.3, -0.25) is 0 Å². The van der Waals surface area contributed by atoms with Crippen LogP contribution in [0.5, 0.6) is 0 Å². The van der Waals surface area contributed by atoms with Crippen molar-refractivity contribution >= 4 is 17.7 Å². The van der Waals surface area contributed by atoms with Gasteiger partial charge in [0.2, 0.25) is 5.95 Å². The first-order chi connectivity index (χ1) is 7.79. The second-order valence-electron chi connectivity index (χ2n) is 4.31. The molecule has 4 heteroatoms. The number of nitrogens with zero attached hydrogens (tertiary/aromatic N) is 2. The van der Waals surface area contributed by atoms with E-state index in [-0.39, 0.29) is 0 Å². The van der Waals surface area contributed by atoms with Crippen molar-refractivity contribution in [2.24, 2.45) is 0 Å². The number of rotatable bonds is 3. The quantitative estimate of drug-likeness (QED) is 0.819. The lowest BCUT2D eigenvalue weighted by Gasteiger charge is -2.21. The van der Waals surface area contributed by atoms with Crippen LogP contribution in [-0.4, -0.2) is 22.3 Å². The lowest BCUT2D eigenvalue weighted by Crippen LogP contribution is -2.09. The molecule has 0 amide bonds. The molecule has 0 saturated heterocycles. The number of aromatic nitrogens is 2. The number of hydrogen-bond donors (Lipinski definition) is 1. The van der Waals surface area contributed by atoms with Gasteiger partial charge >= 0.3 is 0 Å². The molecule has 0 aliphatic heterocycles. The summed E-state index contributed by atoms with van der Waals surface area (Å²) in [5.74, 6) is 0.726. The van der Waals surface area contributed by atoms with Crippen LogP contribution < -0.4 is 5.32 Å². The van der Waals surface area contributed by atoms with Gasteiger partial charge in [-0.25, -0.2) is 9.97 Å². The molecule has 1 aliphatic carbocycles. The number of aryl methyl sites for hydroxylation is 1. The first kappa shape index (κ1) is 11.7. The first-order valence-electron chi connectivity index (χ1n) is 5.97. The number of anilines is 1. The molecule has 16 heavy (non-hydrogen) atoms. The van der Waals surface area contributed by atoms with Crippen molar-refractivity contribution in [2.75, 3.05) is 12.4 Å². The van der Waals surface area contributed by atoms with Crippen molar-refractivity contribution in [3.63, 3.8) is 0 Å². The Morgan fingerprint density at radius 1 is 1.31 bits per heavy atom. The standard InChI is InChI=1S/C12H19N3S/c1-9-8-14-12(13-2)15-11(9)16-10-6-4-3-5-7-10/h8,10H,3-7H2,1-2H3,(H,13,14,15). The van der Waals surface area contributed by atoms with Crippen LogP contribution in [0.3, 0.4) is 0 Å². The third-order valence-electron chi connectivity index (χ3n) is 2.98. The molecule has 1 fully saturated rings. The van der Waals surface area contributed by atoms with Crippen LogP contribution in [0.2, 0.25) is 0 Å². The summed E-state index contributed by atoms with van der Waals surface area (Å²) in [6.45, 7) is 2.09. The molecule has 3 nitrogen and oxygen atoms in total. The van der Waals surface area contributed by atoms with Crippen LogP contribution in [0.25, 0.3) is 0 Å². The SMILES string of the molecule is CNc1ncc(C)c(SC2CCCCC2)n1. The highest BCUT2D eigenvalue weighted by atomic mass is 32.2.